The maximum Gasteiger partial charge on any atom is 0.138 e. The number of halogens is 1. The van der Waals surface area contributed by atoms with Gasteiger partial charge in [-0.3, -0.25) is 0 Å². The highest BCUT2D eigenvalue weighted by Gasteiger charge is 2.21. The van der Waals surface area contributed by atoms with Crippen molar-refractivity contribution in [2.75, 3.05) is 6.61 Å². The molecule has 0 radical (unpaired) electrons. The third-order valence-corrected chi connectivity index (χ3v) is 3.77. The van der Waals surface area contributed by atoms with E-state index >= 15 is 0 Å². The molecule has 1 saturated carbocycles. The van der Waals surface area contributed by atoms with Crippen LogP contribution in [0, 0.1) is 5.92 Å². The number of ether oxygens (including phenoxy) is 1. The van der Waals surface area contributed by atoms with Crippen LogP contribution in [0.1, 0.15) is 37.9 Å². The summed E-state index contributed by atoms with van der Waals surface area (Å²) in [6.45, 7) is 1.73. The topological polar surface area (TPSA) is 49.7 Å². The predicted octanol–water partition coefficient (Wildman–Crippen LogP) is 2.93. The van der Waals surface area contributed by atoms with E-state index in [1.165, 1.54) is 6.42 Å². The van der Waals surface area contributed by atoms with E-state index < -0.39 is 6.10 Å². The standard InChI is InChI=1S/C14H19ClO3/c1-9(8-16)14(17)10-5-6-13(12(15)7-10)18-11-3-2-4-11/h5-7,9,11,14,16-17H,2-4,8H2,1H3/t9-,14?/m1/s1. The van der Waals surface area contributed by atoms with Gasteiger partial charge in [-0.1, -0.05) is 24.6 Å². The molecule has 0 aliphatic heterocycles. The van der Waals surface area contributed by atoms with Crippen molar-refractivity contribution < 1.29 is 14.9 Å². The molecule has 0 heterocycles. The van der Waals surface area contributed by atoms with Crippen LogP contribution in [0.15, 0.2) is 18.2 Å². The zero-order chi connectivity index (χ0) is 13.1. The molecule has 18 heavy (non-hydrogen) atoms. The monoisotopic (exact) mass is 270 g/mol. The van der Waals surface area contributed by atoms with E-state index in [0.29, 0.717) is 16.3 Å². The van der Waals surface area contributed by atoms with Gasteiger partial charge in [0.2, 0.25) is 0 Å². The molecule has 2 rings (SSSR count). The zero-order valence-corrected chi connectivity index (χ0v) is 11.2. The molecule has 1 aromatic rings. The van der Waals surface area contributed by atoms with E-state index in [4.69, 9.17) is 21.4 Å². The van der Waals surface area contributed by atoms with E-state index in [0.717, 1.165) is 12.8 Å². The fourth-order valence-corrected chi connectivity index (χ4v) is 2.13. The summed E-state index contributed by atoms with van der Waals surface area (Å²) in [7, 11) is 0. The van der Waals surface area contributed by atoms with Gasteiger partial charge in [0.15, 0.2) is 0 Å². The molecular formula is C14H19ClO3. The summed E-state index contributed by atoms with van der Waals surface area (Å²) in [5.41, 5.74) is 0.711. The van der Waals surface area contributed by atoms with Crippen molar-refractivity contribution >= 4 is 11.6 Å². The second kappa shape index (κ2) is 5.91. The minimum Gasteiger partial charge on any atom is -0.489 e. The van der Waals surface area contributed by atoms with Crippen LogP contribution in [0.4, 0.5) is 0 Å². The third-order valence-electron chi connectivity index (χ3n) is 3.47. The van der Waals surface area contributed by atoms with Crippen molar-refractivity contribution in [3.63, 3.8) is 0 Å². The maximum atomic E-state index is 9.98. The maximum absolute atomic E-state index is 9.98. The molecule has 3 nitrogen and oxygen atoms in total. The zero-order valence-electron chi connectivity index (χ0n) is 10.5. The molecule has 2 N–H and O–H groups in total. The highest BCUT2D eigenvalue weighted by atomic mass is 35.5. The van der Waals surface area contributed by atoms with Gasteiger partial charge in [0.25, 0.3) is 0 Å². The molecule has 1 aliphatic rings. The summed E-state index contributed by atoms with van der Waals surface area (Å²) in [5.74, 6) is 0.466. The molecule has 0 amide bonds. The van der Waals surface area contributed by atoms with Gasteiger partial charge in [-0.15, -0.1) is 0 Å². The number of hydrogen-bond acceptors (Lipinski definition) is 3. The van der Waals surface area contributed by atoms with Crippen LogP contribution in [0.25, 0.3) is 0 Å². The molecule has 4 heteroatoms. The van der Waals surface area contributed by atoms with E-state index in [1.807, 2.05) is 0 Å². The molecule has 1 aromatic carbocycles. The Morgan fingerprint density at radius 3 is 2.67 bits per heavy atom. The minimum absolute atomic E-state index is 0.0564. The summed E-state index contributed by atoms with van der Waals surface area (Å²) >= 11 is 6.15. The highest BCUT2D eigenvalue weighted by molar-refractivity contribution is 6.32. The average Bonchev–Trinajstić information content (AvgIpc) is 2.33. The molecule has 0 bridgehead atoms. The molecule has 1 fully saturated rings. The summed E-state index contributed by atoms with van der Waals surface area (Å²) in [6, 6.07) is 5.31. The molecule has 0 saturated heterocycles. The van der Waals surface area contributed by atoms with Gasteiger partial charge >= 0.3 is 0 Å². The minimum atomic E-state index is -0.703. The van der Waals surface area contributed by atoms with Crippen LogP contribution in [0.2, 0.25) is 5.02 Å². The van der Waals surface area contributed by atoms with E-state index in [9.17, 15) is 5.11 Å². The van der Waals surface area contributed by atoms with Gasteiger partial charge in [-0.25, -0.2) is 0 Å². The summed E-state index contributed by atoms with van der Waals surface area (Å²) in [5, 5.41) is 19.5. The second-order valence-corrected chi connectivity index (χ2v) is 5.37. The lowest BCUT2D eigenvalue weighted by Gasteiger charge is -2.27. The first-order chi connectivity index (χ1) is 8.61. The van der Waals surface area contributed by atoms with Gasteiger partial charge < -0.3 is 14.9 Å². The lowest BCUT2D eigenvalue weighted by atomic mass is 9.96. The SMILES string of the molecule is C[C@H](CO)C(O)c1ccc(OC2CCC2)c(Cl)c1. The summed E-state index contributed by atoms with van der Waals surface area (Å²) in [4.78, 5) is 0. The van der Waals surface area contributed by atoms with Crippen LogP contribution in [-0.2, 0) is 0 Å². The lowest BCUT2D eigenvalue weighted by Crippen LogP contribution is -2.24. The third kappa shape index (κ3) is 2.97. The van der Waals surface area contributed by atoms with Crippen LogP contribution in [0.3, 0.4) is 0 Å². The Morgan fingerprint density at radius 1 is 1.44 bits per heavy atom. The summed E-state index contributed by atoms with van der Waals surface area (Å²) in [6.07, 6.45) is 2.97. The highest BCUT2D eigenvalue weighted by Crippen LogP contribution is 2.33. The Bertz CT molecular complexity index is 404. The van der Waals surface area contributed by atoms with Crippen molar-refractivity contribution in [3.05, 3.63) is 28.8 Å². The smallest absolute Gasteiger partial charge is 0.138 e. The van der Waals surface area contributed by atoms with Gasteiger partial charge in [0, 0.05) is 12.5 Å². The van der Waals surface area contributed by atoms with Crippen molar-refractivity contribution in [3.8, 4) is 5.75 Å². The Morgan fingerprint density at radius 2 is 2.17 bits per heavy atom. The van der Waals surface area contributed by atoms with Crippen molar-refractivity contribution in [1.29, 1.82) is 0 Å². The Hall–Kier alpha value is -0.770. The summed E-state index contributed by atoms with van der Waals surface area (Å²) < 4.78 is 5.74. The Kier molecular flexibility index (Phi) is 4.49. The number of hydrogen-bond donors (Lipinski definition) is 2. The predicted molar refractivity (Wildman–Crippen MR) is 70.9 cm³/mol. The van der Waals surface area contributed by atoms with Crippen LogP contribution in [-0.4, -0.2) is 22.9 Å². The molecule has 1 unspecified atom stereocenters. The number of rotatable bonds is 5. The normalized spacial score (nSPS) is 19.1. The number of aliphatic hydroxyl groups excluding tert-OH is 2. The molecule has 100 valence electrons. The number of aliphatic hydroxyl groups is 2. The quantitative estimate of drug-likeness (QED) is 0.865. The molecule has 0 spiro atoms. The van der Waals surface area contributed by atoms with Crippen molar-refractivity contribution in [2.24, 2.45) is 5.92 Å². The van der Waals surface area contributed by atoms with Crippen LogP contribution in [0.5, 0.6) is 5.75 Å². The van der Waals surface area contributed by atoms with Crippen molar-refractivity contribution in [1.82, 2.24) is 0 Å². The van der Waals surface area contributed by atoms with Gasteiger partial charge in [0.05, 0.1) is 17.2 Å². The van der Waals surface area contributed by atoms with E-state index in [1.54, 1.807) is 25.1 Å². The molecule has 0 aromatic heterocycles. The lowest BCUT2D eigenvalue weighted by molar-refractivity contribution is 0.0768. The van der Waals surface area contributed by atoms with Crippen LogP contribution < -0.4 is 4.74 Å². The number of benzene rings is 1. The first kappa shape index (κ1) is 13.7. The fraction of sp³-hybridized carbons (Fsp3) is 0.571. The van der Waals surface area contributed by atoms with E-state index in [-0.39, 0.29) is 18.6 Å². The first-order valence-corrected chi connectivity index (χ1v) is 6.74. The molecule has 1 aliphatic carbocycles. The van der Waals surface area contributed by atoms with Gasteiger partial charge in [0.1, 0.15) is 5.75 Å². The van der Waals surface area contributed by atoms with E-state index in [2.05, 4.69) is 0 Å². The van der Waals surface area contributed by atoms with Gasteiger partial charge in [-0.2, -0.15) is 0 Å². The van der Waals surface area contributed by atoms with Crippen molar-refractivity contribution in [2.45, 2.75) is 38.4 Å². The molecular weight excluding hydrogens is 252 g/mol. The molecule has 2 atom stereocenters. The van der Waals surface area contributed by atoms with Crippen LogP contribution >= 0.6 is 11.6 Å². The Labute approximate surface area is 112 Å². The fourth-order valence-electron chi connectivity index (χ4n) is 1.89. The second-order valence-electron chi connectivity index (χ2n) is 4.97. The largest absolute Gasteiger partial charge is 0.489 e. The first-order valence-electron chi connectivity index (χ1n) is 6.37. The Balaban J connectivity index is 2.08. The van der Waals surface area contributed by atoms with Gasteiger partial charge in [-0.05, 0) is 37.0 Å². The average molecular weight is 271 g/mol.